The molecule has 4 heterocycles. The van der Waals surface area contributed by atoms with Crippen molar-refractivity contribution in [3.8, 4) is 11.3 Å². The quantitative estimate of drug-likeness (QED) is 0.403. The molecule has 3 aromatic rings. The number of benzene rings is 1. The second-order valence-electron chi connectivity index (χ2n) is 11.1. The van der Waals surface area contributed by atoms with Gasteiger partial charge in [-0.2, -0.15) is 9.97 Å². The number of aliphatic imine (C=N–C) groups is 1. The second kappa shape index (κ2) is 9.87. The normalized spacial score (nSPS) is 23.8. The van der Waals surface area contributed by atoms with E-state index in [9.17, 15) is 13.9 Å². The predicted molar refractivity (Wildman–Crippen MR) is 144 cm³/mol. The average molecular weight is 533 g/mol. The Balaban J connectivity index is 1.26. The van der Waals surface area contributed by atoms with Crippen LogP contribution in [0.3, 0.4) is 0 Å². The van der Waals surface area contributed by atoms with E-state index in [1.54, 1.807) is 18.6 Å². The van der Waals surface area contributed by atoms with Gasteiger partial charge in [-0.15, -0.1) is 0 Å². The number of aromatic amines is 1. The van der Waals surface area contributed by atoms with Crippen molar-refractivity contribution in [1.82, 2.24) is 19.9 Å². The van der Waals surface area contributed by atoms with Gasteiger partial charge in [0.25, 0.3) is 0 Å². The van der Waals surface area contributed by atoms with E-state index in [1.807, 2.05) is 29.3 Å². The number of nitrogens with zero attached hydrogens (tertiary/aromatic N) is 4. The zero-order chi connectivity index (χ0) is 27.3. The lowest BCUT2D eigenvalue weighted by molar-refractivity contribution is -0.533. The molecule has 0 spiro atoms. The van der Waals surface area contributed by atoms with E-state index >= 15 is 0 Å². The number of H-pyrrole nitrogens is 1. The van der Waals surface area contributed by atoms with Crippen LogP contribution >= 0.6 is 0 Å². The number of nitrogens with one attached hydrogen (secondary N) is 1. The molecule has 39 heavy (non-hydrogen) atoms. The van der Waals surface area contributed by atoms with Gasteiger partial charge in [0.1, 0.15) is 23.6 Å². The van der Waals surface area contributed by atoms with Gasteiger partial charge in [0, 0.05) is 59.8 Å². The van der Waals surface area contributed by atoms with Crippen molar-refractivity contribution in [2.75, 3.05) is 13.1 Å². The van der Waals surface area contributed by atoms with Crippen LogP contribution < -0.4 is 11.1 Å². The SMILES string of the molecule is CC1CC(C(O)N2CCC(C)(N)C2)=CC=C1[NH2+]c1ncc2c(n1)-c1c[nH]cc1C(c1c(F)cccc1F)=NC2. The molecule has 6 N–H and O–H groups in total. The smallest absolute Gasteiger partial charge is 0.330 e. The third kappa shape index (κ3) is 4.85. The fourth-order valence-electron chi connectivity index (χ4n) is 5.68. The number of quaternary nitrogens is 1. The Bertz CT molecular complexity index is 1500. The molecule has 0 bridgehead atoms. The largest absolute Gasteiger partial charge is 0.374 e. The Kier molecular flexibility index (Phi) is 6.50. The number of fused-ring (bicyclic) bond motifs is 3. The fraction of sp³-hybridized carbons (Fsp3) is 0.345. The van der Waals surface area contributed by atoms with Crippen LogP contribution in [0.25, 0.3) is 11.3 Å². The molecule has 2 aliphatic heterocycles. The molecule has 3 aliphatic rings. The summed E-state index contributed by atoms with van der Waals surface area (Å²) < 4.78 is 29.3. The van der Waals surface area contributed by atoms with Crippen LogP contribution in [-0.4, -0.2) is 55.5 Å². The minimum absolute atomic E-state index is 0.151. The highest BCUT2D eigenvalue weighted by Crippen LogP contribution is 2.33. The average Bonchev–Trinajstić information content (AvgIpc) is 3.50. The molecule has 8 nitrogen and oxygen atoms in total. The van der Waals surface area contributed by atoms with Crippen LogP contribution in [0.5, 0.6) is 0 Å². The van der Waals surface area contributed by atoms with Gasteiger partial charge >= 0.3 is 5.95 Å². The summed E-state index contributed by atoms with van der Waals surface area (Å²) in [6.45, 7) is 5.79. The number of nitrogens with two attached hydrogens (primary N) is 2. The minimum atomic E-state index is -0.662. The van der Waals surface area contributed by atoms with Crippen molar-refractivity contribution >= 4 is 11.7 Å². The molecule has 3 atom stereocenters. The third-order valence-corrected chi connectivity index (χ3v) is 7.85. The maximum atomic E-state index is 14.7. The Hall–Kier alpha value is -3.57. The molecular weight excluding hydrogens is 500 g/mol. The highest BCUT2D eigenvalue weighted by molar-refractivity contribution is 6.17. The summed E-state index contributed by atoms with van der Waals surface area (Å²) in [5, 5.41) is 12.9. The topological polar surface area (TPSA) is 120 Å². The summed E-state index contributed by atoms with van der Waals surface area (Å²) in [7, 11) is 0. The van der Waals surface area contributed by atoms with Crippen molar-refractivity contribution in [3.05, 3.63) is 88.5 Å². The maximum absolute atomic E-state index is 14.7. The van der Waals surface area contributed by atoms with Crippen molar-refractivity contribution in [1.29, 1.82) is 0 Å². The van der Waals surface area contributed by atoms with Crippen molar-refractivity contribution in [2.45, 2.75) is 45.0 Å². The molecule has 2 aromatic heterocycles. The van der Waals surface area contributed by atoms with Crippen molar-refractivity contribution < 1.29 is 19.2 Å². The summed E-state index contributed by atoms with van der Waals surface area (Å²) in [6, 6.07) is 3.81. The molecule has 0 radical (unpaired) electrons. The summed E-state index contributed by atoms with van der Waals surface area (Å²) in [5.41, 5.74) is 10.9. The predicted octanol–water partition coefficient (Wildman–Crippen LogP) is 2.89. The molecule has 6 rings (SSSR count). The minimum Gasteiger partial charge on any atom is -0.374 e. The van der Waals surface area contributed by atoms with Gasteiger partial charge in [-0.3, -0.25) is 15.2 Å². The third-order valence-electron chi connectivity index (χ3n) is 7.85. The number of rotatable bonds is 5. The number of aliphatic hydroxyl groups is 1. The number of aromatic nitrogens is 3. The monoisotopic (exact) mass is 532 g/mol. The summed E-state index contributed by atoms with van der Waals surface area (Å²) in [5.74, 6) is -0.625. The molecule has 1 saturated heterocycles. The summed E-state index contributed by atoms with van der Waals surface area (Å²) in [4.78, 5) is 19.0. The first kappa shape index (κ1) is 25.7. The molecule has 202 valence electrons. The van der Waals surface area contributed by atoms with Crippen LogP contribution in [0.15, 0.2) is 65.2 Å². The molecule has 3 unspecified atom stereocenters. The molecule has 10 heteroatoms. The molecule has 0 saturated carbocycles. The Morgan fingerprint density at radius 2 is 1.97 bits per heavy atom. The zero-order valence-corrected chi connectivity index (χ0v) is 22.0. The standard InChI is InChI=1S/C29H31F2N7O/c1-16-10-17(27(39)38-9-8-29(2,32)15-38)6-7-23(16)36-28-35-12-18-11-34-26(24-21(30)4-3-5-22(24)31)20-14-33-13-19(20)25(18)37-28/h3-7,12-14,16,27,33,39H,8-11,15,32H2,1-2H3,(H,35,36,37)/p+1. The van der Waals surface area contributed by atoms with Crippen LogP contribution in [-0.2, 0) is 6.54 Å². The molecule has 1 aliphatic carbocycles. The van der Waals surface area contributed by atoms with Gasteiger partial charge < -0.3 is 15.8 Å². The van der Waals surface area contributed by atoms with Crippen LogP contribution in [0.1, 0.15) is 43.4 Å². The van der Waals surface area contributed by atoms with Crippen LogP contribution in [0, 0.1) is 17.6 Å². The van der Waals surface area contributed by atoms with Gasteiger partial charge in [-0.25, -0.2) is 8.78 Å². The van der Waals surface area contributed by atoms with E-state index in [4.69, 9.17) is 10.7 Å². The maximum Gasteiger partial charge on any atom is 0.330 e. The van der Waals surface area contributed by atoms with Crippen molar-refractivity contribution in [2.24, 2.45) is 16.6 Å². The van der Waals surface area contributed by atoms with E-state index < -0.39 is 17.9 Å². The van der Waals surface area contributed by atoms with Crippen molar-refractivity contribution in [3.63, 3.8) is 0 Å². The van der Waals surface area contributed by atoms with Crippen LogP contribution in [0.2, 0.25) is 0 Å². The number of hydrogen-bond donors (Lipinski definition) is 4. The summed E-state index contributed by atoms with van der Waals surface area (Å²) >= 11 is 0. The number of aliphatic hydroxyl groups excluding tert-OH is 1. The lowest BCUT2D eigenvalue weighted by Crippen LogP contribution is -2.78. The number of allylic oxidation sites excluding steroid dienone is 3. The van der Waals surface area contributed by atoms with Gasteiger partial charge in [-0.05, 0) is 43.5 Å². The molecule has 1 fully saturated rings. The second-order valence-corrected chi connectivity index (χ2v) is 11.1. The summed E-state index contributed by atoms with van der Waals surface area (Å²) in [6.07, 6.45) is 10.1. The fourth-order valence-corrected chi connectivity index (χ4v) is 5.68. The lowest BCUT2D eigenvalue weighted by Gasteiger charge is -2.29. The Morgan fingerprint density at radius 1 is 1.21 bits per heavy atom. The number of hydrogen-bond acceptors (Lipinski definition) is 6. The first-order valence-electron chi connectivity index (χ1n) is 13.2. The van der Waals surface area contributed by atoms with E-state index in [1.165, 1.54) is 18.2 Å². The van der Waals surface area contributed by atoms with Crippen LogP contribution in [0.4, 0.5) is 14.7 Å². The van der Waals surface area contributed by atoms with E-state index in [-0.39, 0.29) is 29.3 Å². The number of halogens is 2. The first-order valence-corrected chi connectivity index (χ1v) is 13.2. The van der Waals surface area contributed by atoms with Gasteiger partial charge in [-0.1, -0.05) is 19.1 Å². The Labute approximate surface area is 225 Å². The molecule has 0 amide bonds. The van der Waals surface area contributed by atoms with Gasteiger partial charge in [0.15, 0.2) is 0 Å². The number of likely N-dealkylation sites (tertiary alicyclic amines) is 1. The van der Waals surface area contributed by atoms with Gasteiger partial charge in [0.05, 0.1) is 23.5 Å². The lowest BCUT2D eigenvalue weighted by atomic mass is 9.91. The van der Waals surface area contributed by atoms with E-state index in [2.05, 4.69) is 21.9 Å². The van der Waals surface area contributed by atoms with E-state index in [0.717, 1.165) is 41.8 Å². The first-order chi connectivity index (χ1) is 18.7. The zero-order valence-electron chi connectivity index (χ0n) is 22.0. The Morgan fingerprint density at radius 3 is 2.69 bits per heavy atom. The molecular formula is C29H32F2N7O+. The highest BCUT2D eigenvalue weighted by Gasteiger charge is 2.35. The van der Waals surface area contributed by atoms with E-state index in [0.29, 0.717) is 23.8 Å². The van der Waals surface area contributed by atoms with Gasteiger partial charge in [0.2, 0.25) is 0 Å². The molecule has 1 aromatic carbocycles. The highest BCUT2D eigenvalue weighted by atomic mass is 19.1.